The van der Waals surface area contributed by atoms with Gasteiger partial charge >= 0.3 is 5.76 Å². The van der Waals surface area contributed by atoms with Crippen LogP contribution in [0.3, 0.4) is 0 Å². The molecular formula is C25H21F2NO5S. The number of hydrogen-bond donors (Lipinski definition) is 0. The summed E-state index contributed by atoms with van der Waals surface area (Å²) >= 11 is 0. The van der Waals surface area contributed by atoms with E-state index in [0.717, 1.165) is 17.7 Å². The van der Waals surface area contributed by atoms with Crippen molar-refractivity contribution < 1.29 is 31.5 Å². The van der Waals surface area contributed by atoms with E-state index in [1.807, 2.05) is 42.5 Å². The molecule has 4 rings (SSSR count). The van der Waals surface area contributed by atoms with E-state index in [1.54, 1.807) is 18.2 Å². The Balaban J connectivity index is 1.64. The van der Waals surface area contributed by atoms with Crippen molar-refractivity contribution in [3.8, 4) is 11.5 Å². The Bertz CT molecular complexity index is 1290. The highest BCUT2D eigenvalue weighted by molar-refractivity contribution is 7.91. The molecule has 3 aromatic carbocycles. The van der Waals surface area contributed by atoms with Crippen molar-refractivity contribution in [1.82, 2.24) is 0 Å². The van der Waals surface area contributed by atoms with Crippen LogP contribution in [0, 0.1) is 0 Å². The second-order valence-electron chi connectivity index (χ2n) is 7.39. The smallest absolute Gasteiger partial charge is 0.341 e. The van der Waals surface area contributed by atoms with Crippen LogP contribution < -0.4 is 14.4 Å². The molecule has 176 valence electrons. The van der Waals surface area contributed by atoms with Crippen LogP contribution in [0.1, 0.15) is 15.9 Å². The fourth-order valence-electron chi connectivity index (χ4n) is 3.41. The average Bonchev–Trinajstić information content (AvgIpc) is 2.86. The highest BCUT2D eigenvalue weighted by Crippen LogP contribution is 2.34. The Morgan fingerprint density at radius 2 is 1.62 bits per heavy atom. The summed E-state index contributed by atoms with van der Waals surface area (Å²) in [6, 6.07) is 19.2. The van der Waals surface area contributed by atoms with Gasteiger partial charge in [-0.25, -0.2) is 8.42 Å². The maximum Gasteiger partial charge on any atom is 0.341 e. The third-order valence-corrected chi connectivity index (χ3v) is 6.54. The lowest BCUT2D eigenvalue weighted by Crippen LogP contribution is -2.31. The number of alkyl halides is 2. The zero-order valence-corrected chi connectivity index (χ0v) is 18.8. The second-order valence-corrected chi connectivity index (χ2v) is 9.30. The number of anilines is 1. The molecule has 1 aliphatic rings. The van der Waals surface area contributed by atoms with E-state index >= 15 is 0 Å². The third-order valence-electron chi connectivity index (χ3n) is 5.14. The van der Waals surface area contributed by atoms with E-state index in [-0.39, 0.29) is 12.1 Å². The molecule has 0 saturated carbocycles. The molecule has 0 saturated heterocycles. The molecular weight excluding hydrogens is 464 g/mol. The van der Waals surface area contributed by atoms with Crippen molar-refractivity contribution in [3.63, 3.8) is 0 Å². The lowest BCUT2D eigenvalue weighted by atomic mass is 10.1. The van der Waals surface area contributed by atoms with Crippen LogP contribution in [-0.2, 0) is 9.84 Å². The van der Waals surface area contributed by atoms with E-state index < -0.39 is 26.4 Å². The number of fused-ring (bicyclic) bond motifs is 1. The summed E-state index contributed by atoms with van der Waals surface area (Å²) in [5.74, 6) is -2.89. The summed E-state index contributed by atoms with van der Waals surface area (Å²) in [5.41, 5.74) is 1.64. The fraction of sp³-hybridized carbons (Fsp3) is 0.160. The minimum atomic E-state index is -4.75. The minimum Gasteiger partial charge on any atom is -0.486 e. The number of carbonyl (C=O) groups excluding carboxylic acids is 1. The van der Waals surface area contributed by atoms with Gasteiger partial charge in [0.2, 0.25) is 9.84 Å². The Hall–Kier alpha value is -3.72. The molecule has 0 N–H and O–H groups in total. The normalized spacial score (nSPS) is 13.3. The lowest BCUT2D eigenvalue weighted by Gasteiger charge is -2.25. The van der Waals surface area contributed by atoms with Crippen LogP contribution in [0.25, 0.3) is 6.08 Å². The predicted octanol–water partition coefficient (Wildman–Crippen LogP) is 4.81. The Morgan fingerprint density at radius 3 is 2.29 bits per heavy atom. The van der Waals surface area contributed by atoms with Gasteiger partial charge < -0.3 is 14.4 Å². The molecule has 34 heavy (non-hydrogen) atoms. The number of ether oxygens (including phenoxy) is 2. The highest BCUT2D eigenvalue weighted by Gasteiger charge is 2.27. The van der Waals surface area contributed by atoms with Gasteiger partial charge in [0, 0.05) is 23.9 Å². The highest BCUT2D eigenvalue weighted by atomic mass is 32.2. The Labute approximate surface area is 196 Å². The molecule has 0 radical (unpaired) electrons. The molecule has 0 fully saturated rings. The van der Waals surface area contributed by atoms with Crippen molar-refractivity contribution in [2.45, 2.75) is 10.7 Å². The maximum atomic E-state index is 13.4. The number of benzene rings is 3. The van der Waals surface area contributed by atoms with Gasteiger partial charge in [0.1, 0.15) is 13.2 Å². The van der Waals surface area contributed by atoms with E-state index in [2.05, 4.69) is 0 Å². The summed E-state index contributed by atoms with van der Waals surface area (Å²) < 4.78 is 60.2. The largest absolute Gasteiger partial charge is 0.486 e. The summed E-state index contributed by atoms with van der Waals surface area (Å²) in [6.07, 6.45) is 3.69. The summed E-state index contributed by atoms with van der Waals surface area (Å²) in [6.45, 7) is 1.02. The number of amides is 1. The van der Waals surface area contributed by atoms with E-state index in [4.69, 9.17) is 9.47 Å². The van der Waals surface area contributed by atoms with Crippen molar-refractivity contribution in [3.05, 3.63) is 90.0 Å². The number of nitrogens with zero attached hydrogens (tertiary/aromatic N) is 1. The van der Waals surface area contributed by atoms with Gasteiger partial charge in [0.25, 0.3) is 5.91 Å². The fourth-order valence-corrected chi connectivity index (χ4v) is 4.13. The van der Waals surface area contributed by atoms with Crippen LogP contribution in [0.15, 0.2) is 83.8 Å². The standard InChI is InChI=1S/C25H21F2NO5S/c26-25(27)34(30,31)21-11-8-19(9-12-21)24(29)28(14-4-7-18-5-2-1-3-6-18)20-10-13-22-23(17-20)33-16-15-32-22/h1-13,17,25H,14-16H2. The van der Waals surface area contributed by atoms with E-state index in [9.17, 15) is 22.0 Å². The Kier molecular flexibility index (Phi) is 6.93. The Morgan fingerprint density at radius 1 is 0.941 bits per heavy atom. The zero-order chi connectivity index (χ0) is 24.1. The van der Waals surface area contributed by atoms with Crippen LogP contribution >= 0.6 is 0 Å². The quantitative estimate of drug-likeness (QED) is 0.480. The molecule has 3 aromatic rings. The molecule has 0 unspecified atom stereocenters. The van der Waals surface area contributed by atoms with Crippen molar-refractivity contribution >= 4 is 27.5 Å². The summed E-state index contributed by atoms with van der Waals surface area (Å²) in [4.78, 5) is 14.3. The maximum absolute atomic E-state index is 13.4. The van der Waals surface area contributed by atoms with Crippen molar-refractivity contribution in [2.75, 3.05) is 24.7 Å². The zero-order valence-electron chi connectivity index (χ0n) is 17.9. The van der Waals surface area contributed by atoms with Gasteiger partial charge in [-0.15, -0.1) is 0 Å². The molecule has 1 aliphatic heterocycles. The number of sulfone groups is 1. The minimum absolute atomic E-state index is 0.149. The molecule has 0 atom stereocenters. The molecule has 9 heteroatoms. The number of rotatable bonds is 7. The molecule has 0 bridgehead atoms. The monoisotopic (exact) mass is 485 g/mol. The van der Waals surface area contributed by atoms with Gasteiger partial charge in [0.15, 0.2) is 11.5 Å². The number of hydrogen-bond acceptors (Lipinski definition) is 5. The van der Waals surface area contributed by atoms with Gasteiger partial charge in [-0.3, -0.25) is 4.79 Å². The van der Waals surface area contributed by atoms with Crippen LogP contribution in [0.5, 0.6) is 11.5 Å². The van der Waals surface area contributed by atoms with Crippen molar-refractivity contribution in [1.29, 1.82) is 0 Å². The molecule has 0 spiro atoms. The first-order chi connectivity index (χ1) is 16.4. The van der Waals surface area contributed by atoms with Gasteiger partial charge in [-0.05, 0) is 42.0 Å². The van der Waals surface area contributed by atoms with Gasteiger partial charge in [0.05, 0.1) is 4.90 Å². The topological polar surface area (TPSA) is 72.9 Å². The van der Waals surface area contributed by atoms with E-state index in [0.29, 0.717) is 30.4 Å². The molecule has 1 amide bonds. The molecule has 6 nitrogen and oxygen atoms in total. The van der Waals surface area contributed by atoms with Crippen LogP contribution in [-0.4, -0.2) is 39.8 Å². The van der Waals surface area contributed by atoms with Crippen LogP contribution in [0.2, 0.25) is 0 Å². The molecule has 0 aromatic heterocycles. The second kappa shape index (κ2) is 10.0. The van der Waals surface area contributed by atoms with Gasteiger partial charge in [-0.1, -0.05) is 42.5 Å². The van der Waals surface area contributed by atoms with Crippen LogP contribution in [0.4, 0.5) is 14.5 Å². The SMILES string of the molecule is O=C(c1ccc(S(=O)(=O)C(F)F)cc1)N(CC=Cc1ccccc1)c1ccc2c(c1)OCCO2. The number of halogens is 2. The summed E-state index contributed by atoms with van der Waals surface area (Å²) in [7, 11) is -4.75. The summed E-state index contributed by atoms with van der Waals surface area (Å²) in [5, 5.41) is 0. The van der Waals surface area contributed by atoms with E-state index in [1.165, 1.54) is 17.0 Å². The first-order valence-electron chi connectivity index (χ1n) is 10.4. The lowest BCUT2D eigenvalue weighted by molar-refractivity contribution is 0.0989. The van der Waals surface area contributed by atoms with Crippen molar-refractivity contribution in [2.24, 2.45) is 0 Å². The number of carbonyl (C=O) groups is 1. The molecule has 0 aliphatic carbocycles. The first kappa shape index (κ1) is 23.4. The molecule has 1 heterocycles. The van der Waals surface area contributed by atoms with Gasteiger partial charge in [-0.2, -0.15) is 8.78 Å². The first-order valence-corrected chi connectivity index (χ1v) is 12.0. The predicted molar refractivity (Wildman–Crippen MR) is 124 cm³/mol. The average molecular weight is 486 g/mol. The third kappa shape index (κ3) is 5.09.